The van der Waals surface area contributed by atoms with Gasteiger partial charge in [0, 0.05) is 37.8 Å². The molecule has 2 fully saturated rings. The van der Waals surface area contributed by atoms with Gasteiger partial charge in [-0.25, -0.2) is 23.8 Å². The summed E-state index contributed by atoms with van der Waals surface area (Å²) in [6, 6.07) is 3.33. The lowest BCUT2D eigenvalue weighted by molar-refractivity contribution is 0.150. The molecule has 0 bridgehead atoms. The summed E-state index contributed by atoms with van der Waals surface area (Å²) in [6.07, 6.45) is -0.991. The Hall–Kier alpha value is -3.41. The minimum atomic E-state index is -0.794. The number of hydrogen-bond acceptors (Lipinski definition) is 7. The maximum atomic E-state index is 14.9. The van der Waals surface area contributed by atoms with Crippen molar-refractivity contribution in [2.45, 2.75) is 20.0 Å². The van der Waals surface area contributed by atoms with Crippen LogP contribution in [0.15, 0.2) is 22.7 Å². The molecule has 0 radical (unpaired) electrons. The Balaban J connectivity index is 1.45. The molecule has 10 nitrogen and oxygen atoms in total. The van der Waals surface area contributed by atoms with Gasteiger partial charge in [0.25, 0.3) is 0 Å². The minimum absolute atomic E-state index is 0.101. The number of nitrogens with one attached hydrogen (secondary N) is 2. The first-order valence-corrected chi connectivity index (χ1v) is 9.79. The first-order chi connectivity index (χ1) is 14.8. The molecule has 3 heterocycles. The minimum Gasteiger partial charge on any atom is -0.444 e. The highest BCUT2D eigenvalue weighted by Gasteiger charge is 2.31. The van der Waals surface area contributed by atoms with Gasteiger partial charge in [-0.2, -0.15) is 0 Å². The maximum Gasteiger partial charge on any atom is 0.414 e. The molecule has 4 rings (SSSR count). The lowest BCUT2D eigenvalue weighted by atomic mass is 10.2. The normalized spacial score (nSPS) is 19.4. The molecule has 2 aromatic rings. The highest BCUT2D eigenvalue weighted by molar-refractivity contribution is 5.90. The zero-order chi connectivity index (χ0) is 22.1. The lowest BCUT2D eigenvalue weighted by Crippen LogP contribution is -2.45. The third kappa shape index (κ3) is 4.38. The van der Waals surface area contributed by atoms with Crippen LogP contribution in [0.3, 0.4) is 0 Å². The van der Waals surface area contributed by atoms with Gasteiger partial charge in [-0.05, 0) is 13.8 Å². The molecular weight excluding hydrogens is 414 g/mol. The van der Waals surface area contributed by atoms with Gasteiger partial charge in [-0.1, -0.05) is 5.16 Å². The highest BCUT2D eigenvalue weighted by Crippen LogP contribution is 2.31. The number of aromatic nitrogens is 1. The van der Waals surface area contributed by atoms with Gasteiger partial charge < -0.3 is 14.2 Å². The topological polar surface area (TPSA) is 103 Å². The summed E-state index contributed by atoms with van der Waals surface area (Å²) in [6.45, 7) is 4.54. The van der Waals surface area contributed by atoms with Gasteiger partial charge in [0.05, 0.1) is 24.5 Å². The fraction of sp³-hybridized carbons (Fsp3) is 0.421. The zero-order valence-corrected chi connectivity index (χ0v) is 17.0. The molecule has 1 aromatic carbocycles. The summed E-state index contributed by atoms with van der Waals surface area (Å²) in [5.41, 5.74) is 3.43. The Kier molecular flexibility index (Phi) is 5.63. The van der Waals surface area contributed by atoms with Crippen molar-refractivity contribution in [3.8, 4) is 0 Å². The second-order valence-corrected chi connectivity index (χ2v) is 7.37. The summed E-state index contributed by atoms with van der Waals surface area (Å²) >= 11 is 0. The molecule has 0 unspecified atom stereocenters. The number of hydrazine groups is 1. The number of cyclic esters (lactones) is 1. The van der Waals surface area contributed by atoms with Gasteiger partial charge in [0.15, 0.2) is 11.6 Å². The number of aryl methyl sites for hydroxylation is 1. The van der Waals surface area contributed by atoms with Crippen molar-refractivity contribution in [3.63, 3.8) is 0 Å². The van der Waals surface area contributed by atoms with Crippen molar-refractivity contribution < 1.29 is 27.6 Å². The van der Waals surface area contributed by atoms with Gasteiger partial charge in [-0.15, -0.1) is 0 Å². The number of hydrogen-bond donors (Lipinski definition) is 2. The quantitative estimate of drug-likeness (QED) is 0.762. The summed E-state index contributed by atoms with van der Waals surface area (Å²) < 4.78 is 39.7. The van der Waals surface area contributed by atoms with E-state index in [0.717, 1.165) is 12.1 Å². The monoisotopic (exact) mass is 436 g/mol. The Morgan fingerprint density at radius 2 is 1.97 bits per heavy atom. The van der Waals surface area contributed by atoms with E-state index in [9.17, 15) is 18.4 Å². The summed E-state index contributed by atoms with van der Waals surface area (Å²) in [4.78, 5) is 27.0. The number of ether oxygens (including phenoxy) is 1. The van der Waals surface area contributed by atoms with Crippen LogP contribution in [0.25, 0.3) is 0 Å². The molecule has 0 aliphatic carbocycles. The fourth-order valence-electron chi connectivity index (χ4n) is 3.55. The maximum absolute atomic E-state index is 14.9. The van der Waals surface area contributed by atoms with Gasteiger partial charge in [-0.3, -0.25) is 15.2 Å². The molecular formula is C19H22F2N6O4. The van der Waals surface area contributed by atoms with Gasteiger partial charge in [0.2, 0.25) is 5.88 Å². The van der Waals surface area contributed by atoms with E-state index in [1.807, 2.05) is 0 Å². The number of carbonyl (C=O) groups excluding carboxylic acids is 2. The number of urea groups is 1. The predicted molar refractivity (Wildman–Crippen MR) is 107 cm³/mol. The Morgan fingerprint density at radius 1 is 1.23 bits per heavy atom. The number of carbonyl (C=O) groups is 2. The van der Waals surface area contributed by atoms with E-state index in [0.29, 0.717) is 5.69 Å². The average Bonchev–Trinajstić information content (AvgIpc) is 3.16. The van der Waals surface area contributed by atoms with Crippen LogP contribution in [0, 0.1) is 18.6 Å². The molecule has 2 aliphatic rings. The Bertz CT molecular complexity index is 977. The van der Waals surface area contributed by atoms with E-state index in [1.165, 1.54) is 14.8 Å². The summed E-state index contributed by atoms with van der Waals surface area (Å²) in [5.74, 6) is -1.39. The van der Waals surface area contributed by atoms with Crippen LogP contribution in [-0.4, -0.2) is 61.1 Å². The first kappa shape index (κ1) is 20.8. The summed E-state index contributed by atoms with van der Waals surface area (Å²) in [5, 5.41) is 7.57. The molecule has 1 aromatic heterocycles. The molecule has 3 amide bonds. The third-order valence-corrected chi connectivity index (χ3v) is 4.97. The van der Waals surface area contributed by atoms with E-state index in [-0.39, 0.29) is 56.1 Å². The smallest absolute Gasteiger partial charge is 0.414 e. The van der Waals surface area contributed by atoms with Crippen molar-refractivity contribution in [2.24, 2.45) is 0 Å². The summed E-state index contributed by atoms with van der Waals surface area (Å²) in [7, 11) is 0. The molecule has 2 saturated heterocycles. The van der Waals surface area contributed by atoms with E-state index in [2.05, 4.69) is 15.9 Å². The van der Waals surface area contributed by atoms with Crippen LogP contribution < -0.4 is 20.5 Å². The molecule has 2 aliphatic heterocycles. The average molecular weight is 436 g/mol. The van der Waals surface area contributed by atoms with Crippen molar-refractivity contribution in [3.05, 3.63) is 35.5 Å². The largest absolute Gasteiger partial charge is 0.444 e. The van der Waals surface area contributed by atoms with Crippen LogP contribution in [0.2, 0.25) is 0 Å². The van der Waals surface area contributed by atoms with Crippen molar-refractivity contribution in [2.75, 3.05) is 47.8 Å². The number of rotatable bonds is 3. The van der Waals surface area contributed by atoms with Crippen LogP contribution >= 0.6 is 0 Å². The fourth-order valence-corrected chi connectivity index (χ4v) is 3.55. The predicted octanol–water partition coefficient (Wildman–Crippen LogP) is 2.47. The SMILES string of the molecule is Cc1cc(NC(=O)N2CCN(c3c(F)cc(N4C[C@H](C)OC4=O)cc3F)CCN2)on1. The van der Waals surface area contributed by atoms with Gasteiger partial charge in [0.1, 0.15) is 11.8 Å². The molecule has 12 heteroatoms. The van der Waals surface area contributed by atoms with E-state index >= 15 is 0 Å². The van der Waals surface area contributed by atoms with Crippen molar-refractivity contribution in [1.82, 2.24) is 15.6 Å². The number of nitrogens with zero attached hydrogens (tertiary/aromatic N) is 4. The Labute approximate surface area is 176 Å². The molecule has 2 N–H and O–H groups in total. The standard InChI is InChI=1S/C19H22F2N6O4/c1-11-7-16(31-24-11)23-18(28)27-6-5-25(4-3-22-27)17-14(20)8-13(9-15(17)21)26-10-12(2)30-19(26)29/h7-9,12,22H,3-6,10H2,1-2H3,(H,23,28)/t12-/m0/s1. The second-order valence-electron chi connectivity index (χ2n) is 7.37. The highest BCUT2D eigenvalue weighted by atomic mass is 19.1. The van der Waals surface area contributed by atoms with Crippen LogP contribution in [0.1, 0.15) is 12.6 Å². The molecule has 31 heavy (non-hydrogen) atoms. The number of amides is 3. The van der Waals surface area contributed by atoms with Crippen LogP contribution in [-0.2, 0) is 4.74 Å². The Morgan fingerprint density at radius 3 is 2.58 bits per heavy atom. The van der Waals surface area contributed by atoms with Crippen molar-refractivity contribution >= 4 is 29.4 Å². The van der Waals surface area contributed by atoms with Crippen molar-refractivity contribution in [1.29, 1.82) is 0 Å². The zero-order valence-electron chi connectivity index (χ0n) is 17.0. The lowest BCUT2D eigenvalue weighted by Gasteiger charge is -2.25. The molecule has 0 spiro atoms. The third-order valence-electron chi connectivity index (χ3n) is 4.97. The van der Waals surface area contributed by atoms with Gasteiger partial charge >= 0.3 is 12.1 Å². The number of benzene rings is 1. The van der Waals surface area contributed by atoms with E-state index < -0.39 is 23.8 Å². The molecule has 1 atom stereocenters. The molecule has 0 saturated carbocycles. The molecule has 166 valence electrons. The number of anilines is 3. The number of halogens is 2. The second kappa shape index (κ2) is 8.38. The van der Waals surface area contributed by atoms with Crippen LogP contribution in [0.5, 0.6) is 0 Å². The van der Waals surface area contributed by atoms with E-state index in [4.69, 9.17) is 9.26 Å². The van der Waals surface area contributed by atoms with E-state index in [1.54, 1.807) is 19.9 Å². The first-order valence-electron chi connectivity index (χ1n) is 9.79. The van der Waals surface area contributed by atoms with Crippen LogP contribution in [0.4, 0.5) is 35.6 Å².